The van der Waals surface area contributed by atoms with Crippen LogP contribution in [0.4, 0.5) is 27.6 Å². The number of nitrogens with zero attached hydrogens (tertiary/aromatic N) is 6. The Morgan fingerprint density at radius 3 is 1.42 bits per heavy atom. The predicted octanol–water partition coefficient (Wildman–Crippen LogP) is 10.8. The Morgan fingerprint density at radius 2 is 1.02 bits per heavy atom. The van der Waals surface area contributed by atoms with E-state index in [1.54, 1.807) is 42.5 Å². The summed E-state index contributed by atoms with van der Waals surface area (Å²) in [7, 11) is 0. The van der Waals surface area contributed by atoms with Gasteiger partial charge in [0, 0.05) is 59.8 Å². The first-order chi connectivity index (χ1) is 28.5. The second-order valence-electron chi connectivity index (χ2n) is 14.8. The molecule has 0 radical (unpaired) electrons. The molecular formula is C44H20F4N6O4S2. The van der Waals surface area contributed by atoms with Crippen molar-refractivity contribution in [1.29, 1.82) is 15.8 Å². The average molecular weight is 837 g/mol. The number of fused-ring (bicyclic) bond motifs is 8. The number of rotatable bonds is 2. The van der Waals surface area contributed by atoms with Crippen LogP contribution in [0.3, 0.4) is 0 Å². The highest BCUT2D eigenvalue weighted by atomic mass is 32.1. The first-order valence-electron chi connectivity index (χ1n) is 17.7. The van der Waals surface area contributed by atoms with Gasteiger partial charge in [-0.05, 0) is 81.8 Å². The van der Waals surface area contributed by atoms with Crippen LogP contribution in [0.15, 0.2) is 69.8 Å². The van der Waals surface area contributed by atoms with E-state index in [4.69, 9.17) is 16.0 Å². The van der Waals surface area contributed by atoms with Crippen LogP contribution in [0.5, 0.6) is 11.5 Å². The Balaban J connectivity index is 1.16. The van der Waals surface area contributed by atoms with Crippen molar-refractivity contribution in [3.63, 3.8) is 0 Å². The van der Waals surface area contributed by atoms with Crippen LogP contribution in [-0.4, -0.2) is 23.0 Å². The molecule has 9 rings (SSSR count). The number of benzene rings is 3. The first-order valence-corrected chi connectivity index (χ1v) is 19.3. The Bertz CT molecular complexity index is 3000. The minimum absolute atomic E-state index is 0.105. The summed E-state index contributed by atoms with van der Waals surface area (Å²) in [5, 5.41) is 29.8. The SMILES string of the molecule is [C-]#[N+]C(C#N)=C1C(=Nc2cc3c(s2)-c2cc4c(cc2OC3(C)C)-c2sc(N=C3C(=O)c5cc(F)c(F)cc5C3=C(C#N)C#N)cc2C(C)(C)O4)C(=O)c2cc(F)c(F)cc21. The third-order valence-electron chi connectivity index (χ3n) is 10.5. The van der Waals surface area contributed by atoms with Crippen molar-refractivity contribution in [2.24, 2.45) is 9.98 Å². The summed E-state index contributed by atoms with van der Waals surface area (Å²) in [5.41, 5.74) is -1.96. The highest BCUT2D eigenvalue weighted by molar-refractivity contribution is 7.20. The van der Waals surface area contributed by atoms with Gasteiger partial charge in [-0.3, -0.25) is 9.59 Å². The van der Waals surface area contributed by atoms with Crippen molar-refractivity contribution in [2.75, 3.05) is 0 Å². The van der Waals surface area contributed by atoms with Crippen molar-refractivity contribution < 1.29 is 36.6 Å². The molecule has 0 N–H and O–H groups in total. The Morgan fingerprint density at radius 1 is 0.617 bits per heavy atom. The number of ketones is 2. The number of carbonyl (C=O) groups is 2. The van der Waals surface area contributed by atoms with Gasteiger partial charge in [0.1, 0.15) is 61.8 Å². The summed E-state index contributed by atoms with van der Waals surface area (Å²) in [5.74, 6) is -5.67. The number of ether oxygens (including phenoxy) is 2. The fourth-order valence-electron chi connectivity index (χ4n) is 7.72. The van der Waals surface area contributed by atoms with E-state index >= 15 is 0 Å². The van der Waals surface area contributed by atoms with Gasteiger partial charge in [-0.15, -0.1) is 22.7 Å². The third kappa shape index (κ3) is 5.46. The Labute approximate surface area is 345 Å². The molecule has 0 bridgehead atoms. The van der Waals surface area contributed by atoms with Gasteiger partial charge in [0.05, 0.1) is 12.6 Å². The first kappa shape index (κ1) is 38.0. The van der Waals surface area contributed by atoms with E-state index in [1.165, 1.54) is 22.7 Å². The largest absolute Gasteiger partial charge is 0.482 e. The number of thiophene rings is 2. The van der Waals surface area contributed by atoms with Crippen molar-refractivity contribution in [3.8, 4) is 50.6 Å². The molecule has 0 spiro atoms. The van der Waals surface area contributed by atoms with Gasteiger partial charge in [0.2, 0.25) is 11.6 Å². The number of hydrogen-bond acceptors (Lipinski definition) is 11. The normalized spacial score (nSPS) is 18.1. The summed E-state index contributed by atoms with van der Waals surface area (Å²) >= 11 is 2.38. The van der Waals surface area contributed by atoms with Gasteiger partial charge in [0.15, 0.2) is 23.3 Å². The van der Waals surface area contributed by atoms with Crippen LogP contribution in [-0.2, 0) is 11.2 Å². The van der Waals surface area contributed by atoms with Crippen molar-refractivity contribution in [1.82, 2.24) is 0 Å². The molecule has 4 aliphatic rings. The fraction of sp³-hybridized carbons (Fsp3) is 0.136. The second kappa shape index (κ2) is 13.0. The van der Waals surface area contributed by atoms with Crippen molar-refractivity contribution in [2.45, 2.75) is 38.9 Å². The Hall–Kier alpha value is -7.50. The molecule has 3 aromatic carbocycles. The summed E-state index contributed by atoms with van der Waals surface area (Å²) < 4.78 is 70.4. The lowest BCUT2D eigenvalue weighted by molar-refractivity contribution is 0.100. The molecule has 10 nitrogen and oxygen atoms in total. The quantitative estimate of drug-likeness (QED) is 0.0974. The van der Waals surface area contributed by atoms with Gasteiger partial charge in [-0.2, -0.15) is 10.5 Å². The maximum Gasteiger partial charge on any atom is 0.271 e. The number of hydrogen-bond donors (Lipinski definition) is 0. The highest BCUT2D eigenvalue weighted by Gasteiger charge is 2.42. The lowest BCUT2D eigenvalue weighted by Gasteiger charge is -2.36. The van der Waals surface area contributed by atoms with Crippen LogP contribution < -0.4 is 9.47 Å². The molecule has 2 aromatic heterocycles. The van der Waals surface area contributed by atoms with Crippen molar-refractivity contribution in [3.05, 3.63) is 128 Å². The number of allylic oxidation sites excluding steroid dienone is 4. The lowest BCUT2D eigenvalue weighted by atomic mass is 9.88. The van der Waals surface area contributed by atoms with E-state index in [0.29, 0.717) is 48.5 Å². The van der Waals surface area contributed by atoms with Gasteiger partial charge in [-0.25, -0.2) is 37.7 Å². The number of carbonyl (C=O) groups excluding carboxylic acids is 2. The van der Waals surface area contributed by atoms with E-state index in [0.717, 1.165) is 24.3 Å². The van der Waals surface area contributed by atoms with E-state index in [1.807, 2.05) is 27.7 Å². The zero-order valence-electron chi connectivity index (χ0n) is 31.3. The number of Topliss-reactive ketones (excluding diaryl/α,β-unsaturated/α-hetero) is 2. The van der Waals surface area contributed by atoms with E-state index in [2.05, 4.69) is 14.8 Å². The predicted molar refractivity (Wildman–Crippen MR) is 213 cm³/mol. The lowest BCUT2D eigenvalue weighted by Crippen LogP contribution is -2.30. The average Bonchev–Trinajstić information content (AvgIpc) is 3.95. The number of aliphatic imine (C=N–C) groups is 2. The van der Waals surface area contributed by atoms with Crippen LogP contribution in [0.25, 0.3) is 36.9 Å². The number of halogens is 4. The standard InChI is InChI=1S/C44H20F4N6O4S2/c1-43(2)24-12-33(53-37-35(17(14-49)15-50)18-6-26(45)28(47)8-20(18)39(37)55)59-41(24)22-10-32-23(11-31(22)57-43)42-25(44(3,4)58-32)13-34(60-42)54-38-36(30(16-51)52-5)19-7-27(46)29(48)9-21(19)40(38)56/h6-13H,1-4H3. The van der Waals surface area contributed by atoms with Gasteiger partial charge < -0.3 is 9.47 Å². The highest BCUT2D eigenvalue weighted by Crippen LogP contribution is 2.58. The topological polar surface area (TPSA) is 153 Å². The molecule has 16 heteroatoms. The van der Waals surface area contributed by atoms with Crippen LogP contribution in [0.2, 0.25) is 0 Å². The van der Waals surface area contributed by atoms with Crippen LogP contribution >= 0.6 is 22.7 Å². The summed E-state index contributed by atoms with van der Waals surface area (Å²) in [6.07, 6.45) is 0. The van der Waals surface area contributed by atoms with E-state index in [9.17, 15) is 42.9 Å². The summed E-state index contributed by atoms with van der Waals surface area (Å²) in [4.78, 5) is 41.0. The van der Waals surface area contributed by atoms with E-state index in [-0.39, 0.29) is 49.8 Å². The smallest absolute Gasteiger partial charge is 0.271 e. The molecule has 2 aliphatic heterocycles. The van der Waals surface area contributed by atoms with Gasteiger partial charge in [-0.1, -0.05) is 0 Å². The van der Waals surface area contributed by atoms with Crippen LogP contribution in [0, 0.1) is 63.8 Å². The minimum Gasteiger partial charge on any atom is -0.482 e. The van der Waals surface area contributed by atoms with Crippen molar-refractivity contribution >= 4 is 66.8 Å². The Kier molecular flexibility index (Phi) is 8.24. The molecule has 290 valence electrons. The molecule has 0 atom stereocenters. The third-order valence-corrected chi connectivity index (χ3v) is 12.6. The maximum atomic E-state index is 14.4. The zero-order chi connectivity index (χ0) is 42.7. The zero-order valence-corrected chi connectivity index (χ0v) is 32.9. The summed E-state index contributed by atoms with van der Waals surface area (Å²) in [6, 6.07) is 15.2. The molecule has 2 aliphatic carbocycles. The molecule has 0 amide bonds. The maximum absolute atomic E-state index is 14.4. The van der Waals surface area contributed by atoms with E-state index < -0.39 is 57.3 Å². The molecule has 0 saturated carbocycles. The fourth-order valence-corrected chi connectivity index (χ4v) is 10.1. The number of nitriles is 3. The second-order valence-corrected chi connectivity index (χ2v) is 16.9. The monoisotopic (exact) mass is 836 g/mol. The molecule has 0 fully saturated rings. The minimum atomic E-state index is -1.27. The van der Waals surface area contributed by atoms with Gasteiger partial charge in [0.25, 0.3) is 5.70 Å². The molecular weight excluding hydrogens is 817 g/mol. The molecule has 0 unspecified atom stereocenters. The molecule has 4 heterocycles. The van der Waals surface area contributed by atoms with Gasteiger partial charge >= 0.3 is 0 Å². The molecule has 5 aromatic rings. The molecule has 60 heavy (non-hydrogen) atoms. The van der Waals surface area contributed by atoms with Crippen LogP contribution in [0.1, 0.15) is 70.7 Å². The molecule has 0 saturated heterocycles. The summed E-state index contributed by atoms with van der Waals surface area (Å²) in [6.45, 7) is 14.9.